The van der Waals surface area contributed by atoms with Crippen LogP contribution in [0.1, 0.15) is 41.5 Å². The first kappa shape index (κ1) is 9.22. The maximum Gasteiger partial charge on any atom is 0.0414 e. The van der Waals surface area contributed by atoms with Crippen molar-refractivity contribution >= 4 is 11.3 Å². The SMILES string of the molecule is Cc1ccc([C@H]2CCCCCN2)s1. The van der Waals surface area contributed by atoms with Crippen molar-refractivity contribution in [2.75, 3.05) is 6.54 Å². The molecule has 1 aliphatic rings. The van der Waals surface area contributed by atoms with E-state index in [0.29, 0.717) is 6.04 Å². The van der Waals surface area contributed by atoms with Crippen LogP contribution in [-0.4, -0.2) is 6.54 Å². The molecule has 1 aliphatic heterocycles. The zero-order valence-electron chi connectivity index (χ0n) is 8.18. The Morgan fingerprint density at radius 3 is 3.00 bits per heavy atom. The Hall–Kier alpha value is -0.340. The molecule has 0 saturated carbocycles. The average Bonchev–Trinajstić information content (AvgIpc) is 2.43. The molecular weight excluding hydrogens is 178 g/mol. The van der Waals surface area contributed by atoms with E-state index in [1.54, 1.807) is 0 Å². The van der Waals surface area contributed by atoms with Gasteiger partial charge in [0.2, 0.25) is 0 Å². The second-order valence-corrected chi connectivity index (χ2v) is 5.12. The Morgan fingerprint density at radius 2 is 2.23 bits per heavy atom. The van der Waals surface area contributed by atoms with Gasteiger partial charge in [-0.1, -0.05) is 12.8 Å². The average molecular weight is 195 g/mol. The molecule has 1 N–H and O–H groups in total. The molecule has 2 rings (SSSR count). The molecule has 0 aliphatic carbocycles. The smallest absolute Gasteiger partial charge is 0.0414 e. The Bertz CT molecular complexity index is 259. The molecule has 2 heterocycles. The fourth-order valence-electron chi connectivity index (χ4n) is 1.91. The highest BCUT2D eigenvalue weighted by Gasteiger charge is 2.14. The van der Waals surface area contributed by atoms with E-state index in [1.807, 2.05) is 11.3 Å². The highest BCUT2D eigenvalue weighted by atomic mass is 32.1. The minimum atomic E-state index is 0.640. The van der Waals surface area contributed by atoms with E-state index in [4.69, 9.17) is 0 Å². The lowest BCUT2D eigenvalue weighted by molar-refractivity contribution is 0.543. The molecule has 0 bridgehead atoms. The van der Waals surface area contributed by atoms with E-state index in [9.17, 15) is 0 Å². The van der Waals surface area contributed by atoms with Crippen LogP contribution in [0, 0.1) is 6.92 Å². The van der Waals surface area contributed by atoms with Gasteiger partial charge in [-0.25, -0.2) is 0 Å². The summed E-state index contributed by atoms with van der Waals surface area (Å²) in [4.78, 5) is 2.96. The molecule has 13 heavy (non-hydrogen) atoms. The summed E-state index contributed by atoms with van der Waals surface area (Å²) in [5.74, 6) is 0. The second-order valence-electron chi connectivity index (χ2n) is 3.80. The number of nitrogens with one attached hydrogen (secondary N) is 1. The van der Waals surface area contributed by atoms with Crippen LogP contribution in [0.5, 0.6) is 0 Å². The van der Waals surface area contributed by atoms with Gasteiger partial charge in [-0.15, -0.1) is 11.3 Å². The summed E-state index contributed by atoms with van der Waals surface area (Å²) >= 11 is 1.94. The van der Waals surface area contributed by atoms with Gasteiger partial charge >= 0.3 is 0 Å². The standard InChI is InChI=1S/C11H17NS/c1-9-6-7-11(13-9)10-5-3-2-4-8-12-10/h6-7,10,12H,2-5,8H2,1H3/t10-/m1/s1. The van der Waals surface area contributed by atoms with Crippen molar-refractivity contribution in [3.8, 4) is 0 Å². The van der Waals surface area contributed by atoms with Gasteiger partial charge in [-0.3, -0.25) is 0 Å². The fraction of sp³-hybridized carbons (Fsp3) is 0.636. The van der Waals surface area contributed by atoms with Gasteiger partial charge in [-0.05, 0) is 38.4 Å². The van der Waals surface area contributed by atoms with Gasteiger partial charge in [0.1, 0.15) is 0 Å². The van der Waals surface area contributed by atoms with Gasteiger partial charge in [0.05, 0.1) is 0 Å². The van der Waals surface area contributed by atoms with Crippen LogP contribution in [0.25, 0.3) is 0 Å². The molecule has 1 aromatic rings. The third kappa shape index (κ3) is 2.32. The molecule has 1 atom stereocenters. The van der Waals surface area contributed by atoms with Crippen molar-refractivity contribution in [1.29, 1.82) is 0 Å². The molecule has 1 fully saturated rings. The van der Waals surface area contributed by atoms with Gasteiger partial charge < -0.3 is 5.32 Å². The summed E-state index contributed by atoms with van der Waals surface area (Å²) in [5, 5.41) is 3.62. The molecule has 0 aromatic carbocycles. The minimum Gasteiger partial charge on any atom is -0.309 e. The summed E-state index contributed by atoms with van der Waals surface area (Å²) in [7, 11) is 0. The van der Waals surface area contributed by atoms with Crippen LogP contribution in [-0.2, 0) is 0 Å². The van der Waals surface area contributed by atoms with E-state index in [-0.39, 0.29) is 0 Å². The first-order chi connectivity index (χ1) is 6.36. The lowest BCUT2D eigenvalue weighted by Crippen LogP contribution is -2.19. The Balaban J connectivity index is 2.06. The summed E-state index contributed by atoms with van der Waals surface area (Å²) < 4.78 is 0. The molecule has 0 spiro atoms. The first-order valence-corrected chi connectivity index (χ1v) is 5.97. The van der Waals surface area contributed by atoms with Crippen molar-refractivity contribution in [2.24, 2.45) is 0 Å². The lowest BCUT2D eigenvalue weighted by atomic mass is 10.1. The van der Waals surface area contributed by atoms with Gasteiger partial charge in [0.15, 0.2) is 0 Å². The predicted molar refractivity (Wildman–Crippen MR) is 58.3 cm³/mol. The lowest BCUT2D eigenvalue weighted by Gasteiger charge is -2.13. The van der Waals surface area contributed by atoms with E-state index >= 15 is 0 Å². The van der Waals surface area contributed by atoms with Crippen LogP contribution >= 0.6 is 11.3 Å². The molecule has 0 radical (unpaired) electrons. The van der Waals surface area contributed by atoms with E-state index < -0.39 is 0 Å². The van der Waals surface area contributed by atoms with Crippen LogP contribution in [0.4, 0.5) is 0 Å². The first-order valence-electron chi connectivity index (χ1n) is 5.16. The molecule has 0 unspecified atom stereocenters. The molecular formula is C11H17NS. The zero-order valence-corrected chi connectivity index (χ0v) is 8.99. The predicted octanol–water partition coefficient (Wildman–Crippen LogP) is 3.26. The number of aryl methyl sites for hydroxylation is 1. The maximum absolute atomic E-state index is 3.62. The maximum atomic E-state index is 3.62. The topological polar surface area (TPSA) is 12.0 Å². The highest BCUT2D eigenvalue weighted by Crippen LogP contribution is 2.28. The third-order valence-electron chi connectivity index (χ3n) is 2.66. The quantitative estimate of drug-likeness (QED) is 0.725. The Labute approximate surface area is 84.2 Å². The summed E-state index contributed by atoms with van der Waals surface area (Å²) in [6.07, 6.45) is 5.45. The molecule has 72 valence electrons. The summed E-state index contributed by atoms with van der Waals surface area (Å²) in [6, 6.07) is 5.15. The van der Waals surface area contributed by atoms with Crippen molar-refractivity contribution in [3.63, 3.8) is 0 Å². The van der Waals surface area contributed by atoms with Crippen molar-refractivity contribution in [1.82, 2.24) is 5.32 Å². The van der Waals surface area contributed by atoms with Crippen molar-refractivity contribution in [2.45, 2.75) is 38.6 Å². The molecule has 1 saturated heterocycles. The van der Waals surface area contributed by atoms with Crippen molar-refractivity contribution < 1.29 is 0 Å². The Morgan fingerprint density at radius 1 is 1.31 bits per heavy atom. The fourth-order valence-corrected chi connectivity index (χ4v) is 2.90. The van der Waals surface area contributed by atoms with E-state index in [2.05, 4.69) is 24.4 Å². The number of hydrogen-bond acceptors (Lipinski definition) is 2. The Kier molecular flexibility index (Phi) is 3.01. The molecule has 1 nitrogen and oxygen atoms in total. The van der Waals surface area contributed by atoms with Crippen LogP contribution < -0.4 is 5.32 Å². The summed E-state index contributed by atoms with van der Waals surface area (Å²) in [6.45, 7) is 3.38. The molecule has 0 amide bonds. The number of rotatable bonds is 1. The monoisotopic (exact) mass is 195 g/mol. The molecule has 2 heteroatoms. The number of thiophene rings is 1. The van der Waals surface area contributed by atoms with Gasteiger partial charge in [0, 0.05) is 15.8 Å². The van der Waals surface area contributed by atoms with E-state index in [0.717, 1.165) is 0 Å². The van der Waals surface area contributed by atoms with Crippen molar-refractivity contribution in [3.05, 3.63) is 21.9 Å². The number of hydrogen-bond donors (Lipinski definition) is 1. The third-order valence-corrected chi connectivity index (χ3v) is 3.78. The van der Waals surface area contributed by atoms with Crippen LogP contribution in [0.3, 0.4) is 0 Å². The zero-order chi connectivity index (χ0) is 9.10. The largest absolute Gasteiger partial charge is 0.309 e. The van der Waals surface area contributed by atoms with Crippen LogP contribution in [0.2, 0.25) is 0 Å². The normalized spacial score (nSPS) is 24.2. The highest BCUT2D eigenvalue weighted by molar-refractivity contribution is 7.12. The van der Waals surface area contributed by atoms with Gasteiger partial charge in [0.25, 0.3) is 0 Å². The minimum absolute atomic E-state index is 0.640. The van der Waals surface area contributed by atoms with Gasteiger partial charge in [-0.2, -0.15) is 0 Å². The van der Waals surface area contributed by atoms with Crippen LogP contribution in [0.15, 0.2) is 12.1 Å². The second kappa shape index (κ2) is 4.25. The summed E-state index contributed by atoms with van der Waals surface area (Å²) in [5.41, 5.74) is 0. The van der Waals surface area contributed by atoms with E-state index in [1.165, 1.54) is 42.0 Å². The molecule has 1 aromatic heterocycles.